The predicted molar refractivity (Wildman–Crippen MR) is 121 cm³/mol. The van der Waals surface area contributed by atoms with Gasteiger partial charge in [-0.2, -0.15) is 0 Å². The van der Waals surface area contributed by atoms with E-state index < -0.39 is 10.3 Å². The number of hydrogen-bond acceptors (Lipinski definition) is 6. The summed E-state index contributed by atoms with van der Waals surface area (Å²) in [5, 5.41) is 14.9. The fourth-order valence-electron chi connectivity index (χ4n) is 4.12. The van der Waals surface area contributed by atoms with Crippen LogP contribution in [0.4, 0.5) is 11.4 Å². The lowest BCUT2D eigenvalue weighted by atomic mass is 9.73. The van der Waals surface area contributed by atoms with Crippen LogP contribution in [0, 0.1) is 10.1 Å². The first-order valence-corrected chi connectivity index (χ1v) is 10.6. The van der Waals surface area contributed by atoms with Gasteiger partial charge in [0.05, 0.1) is 22.1 Å². The third-order valence-electron chi connectivity index (χ3n) is 5.76. The summed E-state index contributed by atoms with van der Waals surface area (Å²) in [6, 6.07) is 13.6. The number of aromatic nitrogens is 1. The average molecular weight is 435 g/mol. The summed E-state index contributed by atoms with van der Waals surface area (Å²) in [6.45, 7) is 4.77. The molecule has 0 spiro atoms. The van der Waals surface area contributed by atoms with E-state index >= 15 is 0 Å². The van der Waals surface area contributed by atoms with E-state index in [0.717, 1.165) is 10.9 Å². The Morgan fingerprint density at radius 3 is 2.53 bits per heavy atom. The van der Waals surface area contributed by atoms with Crippen LogP contribution in [0.5, 0.6) is 5.75 Å². The molecule has 166 valence electrons. The first-order valence-electron chi connectivity index (χ1n) is 10.6. The summed E-state index contributed by atoms with van der Waals surface area (Å²) in [7, 11) is 0. The normalized spacial score (nSPS) is 15.5. The van der Waals surface area contributed by atoms with E-state index in [9.17, 15) is 14.9 Å². The molecule has 1 aromatic heterocycles. The number of nitrogens with one attached hydrogen (secondary N) is 1. The van der Waals surface area contributed by atoms with E-state index in [1.54, 1.807) is 18.3 Å². The van der Waals surface area contributed by atoms with Crippen molar-refractivity contribution in [2.24, 2.45) is 0 Å². The molecule has 0 bridgehead atoms. The molecule has 4 rings (SSSR count). The lowest BCUT2D eigenvalue weighted by Crippen LogP contribution is -2.44. The number of amides is 1. The monoisotopic (exact) mass is 435 g/mol. The summed E-state index contributed by atoms with van der Waals surface area (Å²) in [6.07, 6.45) is 2.66. The predicted octanol–water partition coefficient (Wildman–Crippen LogP) is 4.62. The number of non-ortho nitro benzene ring substituents is 1. The number of anilines is 1. The van der Waals surface area contributed by atoms with Crippen LogP contribution in [0.15, 0.2) is 54.7 Å². The quantitative estimate of drug-likeness (QED) is 0.448. The Morgan fingerprint density at radius 1 is 1.16 bits per heavy atom. The van der Waals surface area contributed by atoms with Crippen LogP contribution in [-0.2, 0) is 14.9 Å². The minimum absolute atomic E-state index is 0.00539. The molecule has 0 radical (unpaired) electrons. The Morgan fingerprint density at radius 2 is 1.88 bits per heavy atom. The topological polar surface area (TPSA) is 104 Å². The zero-order chi connectivity index (χ0) is 22.7. The van der Waals surface area contributed by atoms with Gasteiger partial charge >= 0.3 is 0 Å². The maximum atomic E-state index is 13.7. The van der Waals surface area contributed by atoms with Crippen molar-refractivity contribution in [1.82, 2.24) is 4.98 Å². The minimum Gasteiger partial charge on any atom is -0.489 e. The van der Waals surface area contributed by atoms with Crippen molar-refractivity contribution in [2.45, 2.75) is 38.2 Å². The molecular formula is C24H25N3O5. The van der Waals surface area contributed by atoms with Gasteiger partial charge in [0.25, 0.3) is 5.69 Å². The largest absolute Gasteiger partial charge is 0.489 e. The molecule has 3 aromatic rings. The number of nitro groups is 1. The highest BCUT2D eigenvalue weighted by Gasteiger charge is 2.42. The number of pyridine rings is 1. The first kappa shape index (κ1) is 21.7. The maximum Gasteiger partial charge on any atom is 0.269 e. The molecule has 2 aromatic carbocycles. The molecule has 0 unspecified atom stereocenters. The Labute approximate surface area is 185 Å². The Hall–Kier alpha value is -3.52. The Kier molecular flexibility index (Phi) is 6.05. The number of carbonyl (C=O) groups is 1. The zero-order valence-electron chi connectivity index (χ0n) is 18.0. The van der Waals surface area contributed by atoms with Gasteiger partial charge < -0.3 is 14.8 Å². The molecule has 0 aliphatic carbocycles. The van der Waals surface area contributed by atoms with Gasteiger partial charge in [-0.25, -0.2) is 0 Å². The van der Waals surface area contributed by atoms with Crippen LogP contribution in [0.25, 0.3) is 10.9 Å². The van der Waals surface area contributed by atoms with Crippen LogP contribution in [0.1, 0.15) is 32.3 Å². The van der Waals surface area contributed by atoms with Crippen LogP contribution in [0.3, 0.4) is 0 Å². The van der Waals surface area contributed by atoms with Gasteiger partial charge in [-0.05, 0) is 56.5 Å². The van der Waals surface area contributed by atoms with Crippen LogP contribution in [-0.4, -0.2) is 35.1 Å². The number of hydrogen-bond donors (Lipinski definition) is 1. The number of nitro benzene ring substituents is 1. The lowest BCUT2D eigenvalue weighted by molar-refractivity contribution is -0.384. The highest BCUT2D eigenvalue weighted by molar-refractivity contribution is 6.06. The number of rotatable bonds is 6. The van der Waals surface area contributed by atoms with Crippen molar-refractivity contribution in [1.29, 1.82) is 0 Å². The highest BCUT2D eigenvalue weighted by Crippen LogP contribution is 2.38. The van der Waals surface area contributed by atoms with E-state index in [2.05, 4.69) is 10.3 Å². The molecule has 1 saturated heterocycles. The maximum absolute atomic E-state index is 13.7. The van der Waals surface area contributed by atoms with Crippen molar-refractivity contribution in [3.63, 3.8) is 0 Å². The summed E-state index contributed by atoms with van der Waals surface area (Å²) in [4.78, 5) is 28.7. The van der Waals surface area contributed by atoms with Gasteiger partial charge in [-0.3, -0.25) is 19.9 Å². The number of ether oxygens (including phenoxy) is 2. The second kappa shape index (κ2) is 8.92. The van der Waals surface area contributed by atoms with Gasteiger partial charge in [-0.15, -0.1) is 0 Å². The van der Waals surface area contributed by atoms with E-state index in [-0.39, 0.29) is 17.7 Å². The summed E-state index contributed by atoms with van der Waals surface area (Å²) >= 11 is 0. The molecule has 2 heterocycles. The van der Waals surface area contributed by atoms with Crippen molar-refractivity contribution in [3.8, 4) is 5.75 Å². The van der Waals surface area contributed by atoms with E-state index in [4.69, 9.17) is 9.47 Å². The van der Waals surface area contributed by atoms with Crippen molar-refractivity contribution in [2.75, 3.05) is 18.5 Å². The molecule has 8 heteroatoms. The molecule has 1 N–H and O–H groups in total. The van der Waals surface area contributed by atoms with Crippen molar-refractivity contribution >= 4 is 28.2 Å². The number of fused-ring (bicyclic) bond motifs is 1. The molecule has 0 saturated carbocycles. The van der Waals surface area contributed by atoms with Gasteiger partial charge in [0.15, 0.2) is 0 Å². The second-order valence-electron chi connectivity index (χ2n) is 8.13. The SMILES string of the molecule is CC(C)Oc1ccc(NC(=O)C2(c3ccc([N+](=O)[O-])cc3)CCOCC2)c2cccnc12. The average Bonchev–Trinajstić information content (AvgIpc) is 2.81. The lowest BCUT2D eigenvalue weighted by Gasteiger charge is -2.36. The van der Waals surface area contributed by atoms with Crippen molar-refractivity contribution in [3.05, 3.63) is 70.4 Å². The third kappa shape index (κ3) is 4.13. The highest BCUT2D eigenvalue weighted by atomic mass is 16.6. The standard InChI is InChI=1S/C24H25N3O5/c1-16(2)32-21-10-9-20(19-4-3-13-25-22(19)21)26-23(28)24(11-14-31-15-12-24)17-5-7-18(8-6-17)27(29)30/h3-10,13,16H,11-12,14-15H2,1-2H3,(H,26,28). The molecule has 8 nitrogen and oxygen atoms in total. The zero-order valence-corrected chi connectivity index (χ0v) is 18.0. The van der Waals surface area contributed by atoms with Gasteiger partial charge in [0, 0.05) is 36.9 Å². The summed E-state index contributed by atoms with van der Waals surface area (Å²) in [5.74, 6) is 0.488. The summed E-state index contributed by atoms with van der Waals surface area (Å²) < 4.78 is 11.4. The van der Waals surface area contributed by atoms with Crippen LogP contribution < -0.4 is 10.1 Å². The number of nitrogens with zero attached hydrogens (tertiary/aromatic N) is 2. The Balaban J connectivity index is 1.70. The minimum atomic E-state index is -0.838. The molecule has 32 heavy (non-hydrogen) atoms. The molecule has 1 amide bonds. The van der Waals surface area contributed by atoms with Gasteiger partial charge in [0.2, 0.25) is 5.91 Å². The fourth-order valence-corrected chi connectivity index (χ4v) is 4.12. The molecule has 1 aliphatic rings. The second-order valence-corrected chi connectivity index (χ2v) is 8.13. The number of carbonyl (C=O) groups excluding carboxylic acids is 1. The van der Waals surface area contributed by atoms with Crippen LogP contribution >= 0.6 is 0 Å². The van der Waals surface area contributed by atoms with Crippen LogP contribution in [0.2, 0.25) is 0 Å². The van der Waals surface area contributed by atoms with E-state index in [0.29, 0.717) is 43.0 Å². The summed E-state index contributed by atoms with van der Waals surface area (Å²) in [5.41, 5.74) is 1.22. The van der Waals surface area contributed by atoms with Gasteiger partial charge in [0.1, 0.15) is 11.3 Å². The molecule has 0 atom stereocenters. The molecular weight excluding hydrogens is 410 g/mol. The smallest absolute Gasteiger partial charge is 0.269 e. The third-order valence-corrected chi connectivity index (χ3v) is 5.76. The van der Waals surface area contributed by atoms with E-state index in [1.165, 1.54) is 12.1 Å². The fraction of sp³-hybridized carbons (Fsp3) is 0.333. The first-order chi connectivity index (χ1) is 15.4. The molecule has 1 fully saturated rings. The Bertz CT molecular complexity index is 1140. The molecule has 1 aliphatic heterocycles. The van der Waals surface area contributed by atoms with E-state index in [1.807, 2.05) is 38.1 Å². The number of benzene rings is 2. The van der Waals surface area contributed by atoms with Gasteiger partial charge in [-0.1, -0.05) is 12.1 Å². The van der Waals surface area contributed by atoms with Crippen molar-refractivity contribution < 1.29 is 19.2 Å².